The second-order valence-electron chi connectivity index (χ2n) is 7.36. The number of para-hydroxylation sites is 3. The number of benzene rings is 4. The molecule has 0 aliphatic carbocycles. The molecule has 0 aliphatic rings. The van der Waals surface area contributed by atoms with E-state index >= 15 is 0 Å². The monoisotopic (exact) mass is 357 g/mol. The quantitative estimate of drug-likeness (QED) is 0.312. The molecule has 3 nitrogen and oxygen atoms in total. The zero-order valence-electron chi connectivity index (χ0n) is 15.0. The summed E-state index contributed by atoms with van der Waals surface area (Å²) < 4.78 is 2.34. The first kappa shape index (κ1) is 14.2. The van der Waals surface area contributed by atoms with Crippen LogP contribution in [0.15, 0.2) is 84.9 Å². The molecule has 0 fully saturated rings. The molecule has 0 radical (unpaired) electrons. The van der Waals surface area contributed by atoms with Gasteiger partial charge >= 0.3 is 0 Å². The van der Waals surface area contributed by atoms with Crippen molar-refractivity contribution in [3.8, 4) is 0 Å². The minimum atomic E-state index is 1.02. The summed E-state index contributed by atoms with van der Waals surface area (Å²) in [6, 6.07) is 30.0. The molecule has 0 aliphatic heterocycles. The van der Waals surface area contributed by atoms with Gasteiger partial charge in [-0.3, -0.25) is 4.40 Å². The summed E-state index contributed by atoms with van der Waals surface area (Å²) in [5.41, 5.74) is 6.72. The van der Waals surface area contributed by atoms with Crippen molar-refractivity contribution in [1.29, 1.82) is 0 Å². The van der Waals surface area contributed by atoms with Crippen molar-refractivity contribution in [2.45, 2.75) is 0 Å². The molecular formula is C25H15N3. The molecule has 0 saturated carbocycles. The number of hydrogen-bond donors (Lipinski definition) is 1. The topological polar surface area (TPSA) is 33.1 Å². The van der Waals surface area contributed by atoms with Gasteiger partial charge in [0, 0.05) is 32.6 Å². The molecule has 3 aromatic heterocycles. The smallest absolute Gasteiger partial charge is 0.146 e. The standard InChI is InChI=1S/C25H15N3/c1-2-8-17-15(7-1)16-13-14-21-23(18-9-3-4-10-19(18)26-21)24(16)28-22-12-6-5-11-20(22)27-25(17)28/h1-14,26H. The van der Waals surface area contributed by atoms with E-state index in [9.17, 15) is 0 Å². The third-order valence-electron chi connectivity index (χ3n) is 5.89. The van der Waals surface area contributed by atoms with Crippen molar-refractivity contribution in [3.63, 3.8) is 0 Å². The van der Waals surface area contributed by atoms with Crippen LogP contribution in [-0.2, 0) is 0 Å². The van der Waals surface area contributed by atoms with Gasteiger partial charge in [-0.1, -0.05) is 60.7 Å². The zero-order valence-corrected chi connectivity index (χ0v) is 15.0. The van der Waals surface area contributed by atoms with Gasteiger partial charge in [-0.15, -0.1) is 0 Å². The highest BCUT2D eigenvalue weighted by molar-refractivity contribution is 6.26. The minimum Gasteiger partial charge on any atom is -0.354 e. The van der Waals surface area contributed by atoms with E-state index in [1.807, 2.05) is 0 Å². The first-order valence-corrected chi connectivity index (χ1v) is 9.51. The third kappa shape index (κ3) is 1.62. The number of aromatic nitrogens is 3. The van der Waals surface area contributed by atoms with Crippen LogP contribution in [0.25, 0.3) is 60.2 Å². The van der Waals surface area contributed by atoms with Crippen LogP contribution in [-0.4, -0.2) is 14.4 Å². The minimum absolute atomic E-state index is 1.02. The molecule has 0 atom stereocenters. The first-order chi connectivity index (χ1) is 13.9. The van der Waals surface area contributed by atoms with Crippen LogP contribution in [0.1, 0.15) is 0 Å². The number of aromatic amines is 1. The highest BCUT2D eigenvalue weighted by Gasteiger charge is 2.17. The molecule has 3 heterocycles. The fraction of sp³-hybridized carbons (Fsp3) is 0. The van der Waals surface area contributed by atoms with Crippen LogP contribution >= 0.6 is 0 Å². The predicted molar refractivity (Wildman–Crippen MR) is 117 cm³/mol. The lowest BCUT2D eigenvalue weighted by atomic mass is 10.0. The summed E-state index contributed by atoms with van der Waals surface area (Å²) in [5.74, 6) is 0. The molecule has 4 aromatic carbocycles. The van der Waals surface area contributed by atoms with Gasteiger partial charge in [0.15, 0.2) is 0 Å². The van der Waals surface area contributed by atoms with Gasteiger partial charge in [-0.2, -0.15) is 0 Å². The maximum absolute atomic E-state index is 5.02. The molecule has 0 amide bonds. The summed E-state index contributed by atoms with van der Waals surface area (Å²) in [4.78, 5) is 8.61. The van der Waals surface area contributed by atoms with Crippen molar-refractivity contribution >= 4 is 60.2 Å². The Balaban J connectivity index is 1.94. The van der Waals surface area contributed by atoms with Gasteiger partial charge < -0.3 is 4.98 Å². The molecule has 7 aromatic rings. The summed E-state index contributed by atoms with van der Waals surface area (Å²) in [6.07, 6.45) is 0. The molecule has 0 bridgehead atoms. The van der Waals surface area contributed by atoms with Crippen molar-refractivity contribution < 1.29 is 0 Å². The molecule has 7 rings (SSSR count). The Labute approximate surface area is 159 Å². The Morgan fingerprint density at radius 3 is 2.29 bits per heavy atom. The molecule has 28 heavy (non-hydrogen) atoms. The van der Waals surface area contributed by atoms with Gasteiger partial charge in [0.1, 0.15) is 5.65 Å². The zero-order chi connectivity index (χ0) is 18.2. The van der Waals surface area contributed by atoms with E-state index in [0.29, 0.717) is 0 Å². The van der Waals surface area contributed by atoms with Crippen molar-refractivity contribution in [2.75, 3.05) is 0 Å². The van der Waals surface area contributed by atoms with Crippen molar-refractivity contribution in [2.24, 2.45) is 0 Å². The average molecular weight is 357 g/mol. The number of nitrogens with one attached hydrogen (secondary N) is 1. The highest BCUT2D eigenvalue weighted by atomic mass is 15.0. The van der Waals surface area contributed by atoms with E-state index in [0.717, 1.165) is 27.7 Å². The summed E-state index contributed by atoms with van der Waals surface area (Å²) in [5, 5.41) is 6.19. The molecule has 1 N–H and O–H groups in total. The fourth-order valence-corrected chi connectivity index (χ4v) is 4.72. The molecule has 130 valence electrons. The second kappa shape index (κ2) is 4.90. The van der Waals surface area contributed by atoms with Gasteiger partial charge in [0.2, 0.25) is 0 Å². The summed E-state index contributed by atoms with van der Waals surface area (Å²) in [7, 11) is 0. The Kier molecular flexibility index (Phi) is 2.49. The maximum atomic E-state index is 5.02. The Morgan fingerprint density at radius 1 is 0.607 bits per heavy atom. The number of H-pyrrole nitrogens is 1. The van der Waals surface area contributed by atoms with Crippen LogP contribution in [0.3, 0.4) is 0 Å². The molecular weight excluding hydrogens is 342 g/mol. The Hall–Kier alpha value is -3.85. The lowest BCUT2D eigenvalue weighted by Gasteiger charge is -2.10. The van der Waals surface area contributed by atoms with E-state index in [1.54, 1.807) is 0 Å². The number of imidazole rings is 1. The Bertz CT molecular complexity index is 1720. The van der Waals surface area contributed by atoms with Crippen LogP contribution in [0.2, 0.25) is 0 Å². The first-order valence-electron chi connectivity index (χ1n) is 9.51. The number of hydrogen-bond acceptors (Lipinski definition) is 1. The van der Waals surface area contributed by atoms with Crippen LogP contribution in [0.5, 0.6) is 0 Å². The molecule has 0 saturated heterocycles. The van der Waals surface area contributed by atoms with E-state index in [4.69, 9.17) is 4.98 Å². The van der Waals surface area contributed by atoms with E-state index in [-0.39, 0.29) is 0 Å². The van der Waals surface area contributed by atoms with Gasteiger partial charge in [-0.25, -0.2) is 4.98 Å². The number of fused-ring (bicyclic) bond motifs is 12. The fourth-order valence-electron chi connectivity index (χ4n) is 4.72. The SMILES string of the molecule is c1ccc2c(c1)nc1c3ccccc3c3ccc4[nH]c5ccccc5c4c3n21. The van der Waals surface area contributed by atoms with Crippen molar-refractivity contribution in [3.05, 3.63) is 84.9 Å². The summed E-state index contributed by atoms with van der Waals surface area (Å²) in [6.45, 7) is 0. The largest absolute Gasteiger partial charge is 0.354 e. The normalized spacial score (nSPS) is 12.3. The van der Waals surface area contributed by atoms with Gasteiger partial charge in [-0.05, 0) is 29.7 Å². The van der Waals surface area contributed by atoms with E-state index in [1.165, 1.54) is 32.4 Å². The lowest BCUT2D eigenvalue weighted by molar-refractivity contribution is 1.33. The van der Waals surface area contributed by atoms with E-state index < -0.39 is 0 Å². The van der Waals surface area contributed by atoms with Crippen LogP contribution in [0, 0.1) is 0 Å². The second-order valence-corrected chi connectivity index (χ2v) is 7.36. The Morgan fingerprint density at radius 2 is 1.36 bits per heavy atom. The maximum Gasteiger partial charge on any atom is 0.146 e. The van der Waals surface area contributed by atoms with E-state index in [2.05, 4.69) is 94.3 Å². The molecule has 0 spiro atoms. The highest BCUT2D eigenvalue weighted by Crippen LogP contribution is 2.38. The average Bonchev–Trinajstić information content (AvgIpc) is 3.32. The van der Waals surface area contributed by atoms with Gasteiger partial charge in [0.05, 0.1) is 16.6 Å². The third-order valence-corrected chi connectivity index (χ3v) is 5.89. The molecule has 0 unspecified atom stereocenters. The lowest BCUT2D eigenvalue weighted by Crippen LogP contribution is -1.92. The van der Waals surface area contributed by atoms with Crippen molar-refractivity contribution in [1.82, 2.24) is 14.4 Å². The number of nitrogens with zero attached hydrogens (tertiary/aromatic N) is 2. The van der Waals surface area contributed by atoms with Crippen LogP contribution in [0.4, 0.5) is 0 Å². The number of rotatable bonds is 0. The summed E-state index contributed by atoms with van der Waals surface area (Å²) >= 11 is 0. The van der Waals surface area contributed by atoms with Gasteiger partial charge in [0.25, 0.3) is 0 Å². The predicted octanol–water partition coefficient (Wildman–Crippen LogP) is 6.43. The molecule has 3 heteroatoms. The number of pyridine rings is 1. The van der Waals surface area contributed by atoms with Crippen LogP contribution < -0.4 is 0 Å².